The fourth-order valence-corrected chi connectivity index (χ4v) is 2.72. The number of ether oxygens (including phenoxy) is 1. The maximum absolute atomic E-state index is 12.5. The Morgan fingerprint density at radius 1 is 1.27 bits per heavy atom. The monoisotopic (exact) mass is 353 g/mol. The Kier molecular flexibility index (Phi) is 4.74. The fraction of sp³-hybridized carbons (Fsp3) is 0.167. The molecule has 1 aliphatic heterocycles. The van der Waals surface area contributed by atoms with Gasteiger partial charge in [-0.2, -0.15) is 0 Å². The van der Waals surface area contributed by atoms with Crippen molar-refractivity contribution in [2.24, 2.45) is 4.99 Å². The van der Waals surface area contributed by atoms with Gasteiger partial charge in [-0.15, -0.1) is 0 Å². The molecule has 3 rings (SSSR count). The Labute approximate surface area is 148 Å². The zero-order valence-corrected chi connectivity index (χ0v) is 13.9. The number of anilines is 1. The molecule has 0 spiro atoms. The average molecular weight is 353 g/mol. The van der Waals surface area contributed by atoms with Gasteiger partial charge in [-0.25, -0.2) is 0 Å². The number of amides is 1. The van der Waals surface area contributed by atoms with Crippen molar-refractivity contribution >= 4 is 29.0 Å². The number of benzene rings is 2. The normalized spacial score (nSPS) is 13.5. The summed E-state index contributed by atoms with van der Waals surface area (Å²) >= 11 is 0. The van der Waals surface area contributed by atoms with Crippen LogP contribution in [0.25, 0.3) is 0 Å². The summed E-state index contributed by atoms with van der Waals surface area (Å²) in [7, 11) is 1.23. The second-order valence-electron chi connectivity index (χ2n) is 5.55. The van der Waals surface area contributed by atoms with Crippen LogP contribution in [0.4, 0.5) is 11.4 Å². The van der Waals surface area contributed by atoms with Crippen LogP contribution in [0, 0.1) is 10.1 Å². The van der Waals surface area contributed by atoms with Crippen LogP contribution in [-0.2, 0) is 14.3 Å². The molecule has 0 saturated heterocycles. The molecule has 26 heavy (non-hydrogen) atoms. The molecule has 0 radical (unpaired) electrons. The average Bonchev–Trinajstić information content (AvgIpc) is 2.79. The van der Waals surface area contributed by atoms with Crippen LogP contribution < -0.4 is 4.90 Å². The van der Waals surface area contributed by atoms with Gasteiger partial charge >= 0.3 is 5.97 Å². The van der Waals surface area contributed by atoms with Crippen molar-refractivity contribution in [1.29, 1.82) is 0 Å². The second kappa shape index (κ2) is 7.14. The van der Waals surface area contributed by atoms with E-state index >= 15 is 0 Å². The summed E-state index contributed by atoms with van der Waals surface area (Å²) in [6.07, 6.45) is 0. The van der Waals surface area contributed by atoms with Gasteiger partial charge in [0.05, 0.1) is 23.4 Å². The van der Waals surface area contributed by atoms with Gasteiger partial charge in [-0.1, -0.05) is 30.3 Å². The number of nitro groups is 1. The van der Waals surface area contributed by atoms with E-state index in [4.69, 9.17) is 0 Å². The maximum atomic E-state index is 12.5. The molecule has 1 aliphatic rings. The van der Waals surface area contributed by atoms with Crippen molar-refractivity contribution in [2.75, 3.05) is 25.1 Å². The summed E-state index contributed by atoms with van der Waals surface area (Å²) in [5.41, 5.74) is 1.86. The molecule has 1 amide bonds. The number of non-ortho nitro benzene ring substituents is 1. The molecule has 0 fully saturated rings. The highest BCUT2D eigenvalue weighted by Crippen LogP contribution is 2.30. The first-order valence-corrected chi connectivity index (χ1v) is 7.77. The Balaban J connectivity index is 2.19. The van der Waals surface area contributed by atoms with Crippen molar-refractivity contribution in [3.05, 3.63) is 69.8 Å². The van der Waals surface area contributed by atoms with Crippen LogP contribution >= 0.6 is 0 Å². The van der Waals surface area contributed by atoms with Crippen LogP contribution in [-0.4, -0.2) is 42.7 Å². The Hall–Kier alpha value is -3.55. The molecule has 2 aromatic carbocycles. The van der Waals surface area contributed by atoms with Gasteiger partial charge in [0.25, 0.3) is 5.69 Å². The Morgan fingerprint density at radius 2 is 2.00 bits per heavy atom. The highest BCUT2D eigenvalue weighted by molar-refractivity contribution is 6.20. The van der Waals surface area contributed by atoms with Crippen LogP contribution in [0.15, 0.2) is 53.5 Å². The SMILES string of the molecule is COC(=O)CN1C(=O)CN=C(c2ccccc2)c2cc([N+](=O)[O-])ccc21. The third-order valence-corrected chi connectivity index (χ3v) is 3.97. The zero-order chi connectivity index (χ0) is 18.7. The van der Waals surface area contributed by atoms with E-state index < -0.39 is 16.8 Å². The summed E-state index contributed by atoms with van der Waals surface area (Å²) in [4.78, 5) is 40.5. The number of benzodiazepines with no additional fused rings is 1. The summed E-state index contributed by atoms with van der Waals surface area (Å²) < 4.78 is 4.65. The first kappa shape index (κ1) is 17.3. The van der Waals surface area contributed by atoms with E-state index in [1.807, 2.05) is 30.3 Å². The number of aliphatic imine (C=N–C) groups is 1. The van der Waals surface area contributed by atoms with Gasteiger partial charge in [-0.3, -0.25) is 29.6 Å². The lowest BCUT2D eigenvalue weighted by atomic mass is 9.99. The summed E-state index contributed by atoms with van der Waals surface area (Å²) in [5, 5.41) is 11.2. The van der Waals surface area contributed by atoms with E-state index in [0.717, 1.165) is 5.56 Å². The minimum Gasteiger partial charge on any atom is -0.468 e. The molecule has 0 N–H and O–H groups in total. The molecule has 1 heterocycles. The van der Waals surface area contributed by atoms with E-state index in [0.29, 0.717) is 17.0 Å². The van der Waals surface area contributed by atoms with E-state index in [-0.39, 0.29) is 18.8 Å². The number of hydrogen-bond acceptors (Lipinski definition) is 6. The first-order chi connectivity index (χ1) is 12.5. The van der Waals surface area contributed by atoms with Crippen molar-refractivity contribution in [2.45, 2.75) is 0 Å². The van der Waals surface area contributed by atoms with Crippen LogP contribution in [0.3, 0.4) is 0 Å². The minimum absolute atomic E-state index is 0.125. The fourth-order valence-electron chi connectivity index (χ4n) is 2.72. The highest BCUT2D eigenvalue weighted by atomic mass is 16.6. The van der Waals surface area contributed by atoms with Gasteiger partial charge in [0.1, 0.15) is 13.1 Å². The quantitative estimate of drug-likeness (QED) is 0.475. The van der Waals surface area contributed by atoms with E-state index in [1.165, 1.54) is 30.2 Å². The van der Waals surface area contributed by atoms with E-state index in [2.05, 4.69) is 9.73 Å². The van der Waals surface area contributed by atoms with Gasteiger partial charge < -0.3 is 4.74 Å². The van der Waals surface area contributed by atoms with Crippen LogP contribution in [0.5, 0.6) is 0 Å². The third kappa shape index (κ3) is 3.30. The smallest absolute Gasteiger partial charge is 0.325 e. The number of esters is 1. The van der Waals surface area contributed by atoms with Crippen molar-refractivity contribution in [1.82, 2.24) is 0 Å². The van der Waals surface area contributed by atoms with Gasteiger partial charge in [-0.05, 0) is 6.07 Å². The number of methoxy groups -OCH3 is 1. The molecule has 8 heteroatoms. The number of hydrogen-bond donors (Lipinski definition) is 0. The van der Waals surface area contributed by atoms with E-state index in [1.54, 1.807) is 0 Å². The summed E-state index contributed by atoms with van der Waals surface area (Å²) in [6, 6.07) is 13.2. The lowest BCUT2D eigenvalue weighted by molar-refractivity contribution is -0.384. The van der Waals surface area contributed by atoms with Crippen LogP contribution in [0.1, 0.15) is 11.1 Å². The molecule has 2 aromatic rings. The first-order valence-electron chi connectivity index (χ1n) is 7.77. The lowest BCUT2D eigenvalue weighted by Gasteiger charge is -2.21. The number of rotatable bonds is 4. The molecule has 0 atom stereocenters. The molecule has 0 bridgehead atoms. The standard InChI is InChI=1S/C18H15N3O5/c1-26-17(23)11-20-15-8-7-13(21(24)25)9-14(15)18(19-10-16(20)22)12-5-3-2-4-6-12/h2-9H,10-11H2,1H3. The predicted octanol–water partition coefficient (Wildman–Crippen LogP) is 1.95. The predicted molar refractivity (Wildman–Crippen MR) is 94.4 cm³/mol. The molecule has 0 saturated carbocycles. The molecule has 0 unspecified atom stereocenters. The lowest BCUT2D eigenvalue weighted by Crippen LogP contribution is -2.37. The molecule has 0 aromatic heterocycles. The number of nitro benzene ring substituents is 1. The van der Waals surface area contributed by atoms with Gasteiger partial charge in [0, 0.05) is 23.3 Å². The molecule has 132 valence electrons. The van der Waals surface area contributed by atoms with Crippen molar-refractivity contribution in [3.63, 3.8) is 0 Å². The Bertz CT molecular complexity index is 908. The summed E-state index contributed by atoms with van der Waals surface area (Å²) in [5.74, 6) is -0.984. The molecular formula is C18H15N3O5. The Morgan fingerprint density at radius 3 is 2.65 bits per heavy atom. The number of fused-ring (bicyclic) bond motifs is 1. The van der Waals surface area contributed by atoms with E-state index in [9.17, 15) is 19.7 Å². The van der Waals surface area contributed by atoms with Gasteiger partial charge in [0.15, 0.2) is 0 Å². The largest absolute Gasteiger partial charge is 0.468 e. The zero-order valence-electron chi connectivity index (χ0n) is 13.9. The number of carbonyl (C=O) groups is 2. The molecule has 0 aliphatic carbocycles. The number of carbonyl (C=O) groups excluding carboxylic acids is 2. The van der Waals surface area contributed by atoms with Crippen molar-refractivity contribution < 1.29 is 19.2 Å². The minimum atomic E-state index is -0.592. The van der Waals surface area contributed by atoms with Gasteiger partial charge in [0.2, 0.25) is 5.91 Å². The molecule has 8 nitrogen and oxygen atoms in total. The summed E-state index contributed by atoms with van der Waals surface area (Å²) in [6.45, 7) is -0.471. The van der Waals surface area contributed by atoms with Crippen molar-refractivity contribution in [3.8, 4) is 0 Å². The highest BCUT2D eigenvalue weighted by Gasteiger charge is 2.28. The topological polar surface area (TPSA) is 102 Å². The number of nitrogens with zero attached hydrogens (tertiary/aromatic N) is 3. The third-order valence-electron chi connectivity index (χ3n) is 3.97. The second-order valence-corrected chi connectivity index (χ2v) is 5.55. The maximum Gasteiger partial charge on any atom is 0.325 e. The van der Waals surface area contributed by atoms with Crippen LogP contribution in [0.2, 0.25) is 0 Å². The molecular weight excluding hydrogens is 338 g/mol.